The number of amides is 1. The number of hydrogen-bond donors (Lipinski definition) is 3. The molecule has 2 rings (SSSR count). The van der Waals surface area contributed by atoms with E-state index in [9.17, 15) is 19.5 Å². The van der Waals surface area contributed by atoms with Crippen molar-refractivity contribution in [2.75, 3.05) is 6.61 Å². The minimum Gasteiger partial charge on any atom is -0.445 e. The van der Waals surface area contributed by atoms with E-state index in [0.29, 0.717) is 18.4 Å². The summed E-state index contributed by atoms with van der Waals surface area (Å²) in [6.07, 6.45) is 0.875. The molecule has 4 N–H and O–H groups in total. The quantitative estimate of drug-likeness (QED) is 0.691. The second-order valence-electron chi connectivity index (χ2n) is 4.70. The number of nitrogens with one attached hydrogen (secondary N) is 1. The predicted molar refractivity (Wildman–Crippen MR) is 77.3 cm³/mol. The Labute approximate surface area is 124 Å². The molecule has 1 aromatic heterocycles. The lowest BCUT2D eigenvalue weighted by atomic mass is 10.2. The lowest BCUT2D eigenvalue weighted by Crippen LogP contribution is -2.33. The van der Waals surface area contributed by atoms with E-state index >= 15 is 0 Å². The zero-order chi connectivity index (χ0) is 15.6. The number of primary amides is 1. The first-order chi connectivity index (χ1) is 9.96. The zero-order valence-corrected chi connectivity index (χ0v) is 12.3. The number of aliphatic hydroxyl groups excluding tert-OH is 1. The molecule has 9 heteroatoms. The standard InChI is InChI=1S/C12H17N3O5S/c1-2-6-4-15(12(19)14-10(6)17)9-3-7(20-11(13)18)8(5-16)21-9/h4,7-9,16H,2-3,5H2,1H3,(H2,13,18)(H,14,17,19)/t7-,8+,9?/m0/s1. The fourth-order valence-electron chi connectivity index (χ4n) is 2.30. The Bertz CT molecular complexity index is 641. The molecule has 1 aliphatic rings. The fraction of sp³-hybridized carbons (Fsp3) is 0.583. The van der Waals surface area contributed by atoms with Crippen LogP contribution in [-0.2, 0) is 11.2 Å². The normalized spacial score (nSPS) is 25.0. The van der Waals surface area contributed by atoms with Gasteiger partial charge in [-0.15, -0.1) is 11.8 Å². The minimum atomic E-state index is -0.914. The number of carbonyl (C=O) groups is 1. The van der Waals surface area contributed by atoms with Gasteiger partial charge in [-0.25, -0.2) is 9.59 Å². The molecule has 1 aliphatic heterocycles. The molecule has 1 amide bonds. The number of nitrogens with zero attached hydrogens (tertiary/aromatic N) is 1. The van der Waals surface area contributed by atoms with Gasteiger partial charge in [-0.3, -0.25) is 14.3 Å². The number of nitrogens with two attached hydrogens (primary N) is 1. The molecule has 21 heavy (non-hydrogen) atoms. The monoisotopic (exact) mass is 315 g/mol. The van der Waals surface area contributed by atoms with Crippen LogP contribution >= 0.6 is 11.8 Å². The van der Waals surface area contributed by atoms with E-state index in [1.165, 1.54) is 22.5 Å². The van der Waals surface area contributed by atoms with Gasteiger partial charge in [0.25, 0.3) is 5.56 Å². The van der Waals surface area contributed by atoms with Crippen LogP contribution in [0.25, 0.3) is 0 Å². The van der Waals surface area contributed by atoms with Crippen LogP contribution in [0.5, 0.6) is 0 Å². The molecule has 0 spiro atoms. The Morgan fingerprint density at radius 2 is 2.33 bits per heavy atom. The maximum Gasteiger partial charge on any atom is 0.404 e. The van der Waals surface area contributed by atoms with E-state index < -0.39 is 23.4 Å². The van der Waals surface area contributed by atoms with Gasteiger partial charge in [0, 0.05) is 18.2 Å². The summed E-state index contributed by atoms with van der Waals surface area (Å²) in [5.74, 6) is 0. The first-order valence-corrected chi connectivity index (χ1v) is 7.47. The Morgan fingerprint density at radius 1 is 1.62 bits per heavy atom. The number of ether oxygens (including phenoxy) is 1. The summed E-state index contributed by atoms with van der Waals surface area (Å²) in [6.45, 7) is 1.62. The Morgan fingerprint density at radius 3 is 2.90 bits per heavy atom. The van der Waals surface area contributed by atoms with E-state index in [4.69, 9.17) is 10.5 Å². The summed E-state index contributed by atoms with van der Waals surface area (Å²) < 4.78 is 6.36. The molecule has 8 nitrogen and oxygen atoms in total. The number of aromatic nitrogens is 2. The third-order valence-electron chi connectivity index (χ3n) is 3.36. The summed E-state index contributed by atoms with van der Waals surface area (Å²) in [4.78, 5) is 36.6. The lowest BCUT2D eigenvalue weighted by molar-refractivity contribution is 0.0904. The summed E-state index contributed by atoms with van der Waals surface area (Å²) >= 11 is 1.31. The third kappa shape index (κ3) is 3.30. The van der Waals surface area contributed by atoms with Gasteiger partial charge in [-0.2, -0.15) is 0 Å². The fourth-order valence-corrected chi connectivity index (χ4v) is 3.72. The number of carbonyl (C=O) groups excluding carboxylic acids is 1. The molecule has 1 aromatic rings. The molecule has 0 aliphatic carbocycles. The lowest BCUT2D eigenvalue weighted by Gasteiger charge is -2.14. The van der Waals surface area contributed by atoms with Gasteiger partial charge in [0.2, 0.25) is 0 Å². The maximum atomic E-state index is 11.9. The van der Waals surface area contributed by atoms with Crippen molar-refractivity contribution < 1.29 is 14.6 Å². The number of aryl methyl sites for hydroxylation is 1. The Balaban J connectivity index is 2.29. The van der Waals surface area contributed by atoms with E-state index in [1.807, 2.05) is 6.92 Å². The highest BCUT2D eigenvalue weighted by Gasteiger charge is 2.38. The van der Waals surface area contributed by atoms with Crippen molar-refractivity contribution in [3.63, 3.8) is 0 Å². The largest absolute Gasteiger partial charge is 0.445 e. The van der Waals surface area contributed by atoms with Crippen LogP contribution in [0.3, 0.4) is 0 Å². The van der Waals surface area contributed by atoms with Crippen molar-refractivity contribution in [3.8, 4) is 0 Å². The van der Waals surface area contributed by atoms with E-state index in [2.05, 4.69) is 4.98 Å². The zero-order valence-electron chi connectivity index (χ0n) is 11.4. The highest BCUT2D eigenvalue weighted by Crippen LogP contribution is 2.42. The van der Waals surface area contributed by atoms with Gasteiger partial charge >= 0.3 is 11.8 Å². The molecular weight excluding hydrogens is 298 g/mol. The number of rotatable bonds is 4. The molecule has 2 heterocycles. The molecule has 116 valence electrons. The number of hydrogen-bond acceptors (Lipinski definition) is 6. The molecule has 0 radical (unpaired) electrons. The minimum absolute atomic E-state index is 0.197. The van der Waals surface area contributed by atoms with Gasteiger partial charge in [-0.05, 0) is 6.42 Å². The summed E-state index contributed by atoms with van der Waals surface area (Å²) in [7, 11) is 0. The number of H-pyrrole nitrogens is 1. The molecule has 1 unspecified atom stereocenters. The van der Waals surface area contributed by atoms with Crippen molar-refractivity contribution in [1.82, 2.24) is 9.55 Å². The van der Waals surface area contributed by atoms with Crippen LogP contribution in [0.1, 0.15) is 24.3 Å². The van der Waals surface area contributed by atoms with Gasteiger partial charge < -0.3 is 15.6 Å². The average molecular weight is 315 g/mol. The summed E-state index contributed by atoms with van der Waals surface area (Å²) in [5.41, 5.74) is 4.58. The SMILES string of the molecule is CCc1cn(C2C[C@H](OC(N)=O)[C@@H](CO)S2)c(=O)[nH]c1=O. The number of aromatic amines is 1. The molecular formula is C12H17N3O5S. The van der Waals surface area contributed by atoms with Gasteiger partial charge in [-0.1, -0.05) is 6.92 Å². The van der Waals surface area contributed by atoms with Crippen molar-refractivity contribution in [2.45, 2.75) is 36.5 Å². The first-order valence-electron chi connectivity index (χ1n) is 6.53. The first kappa shape index (κ1) is 15.6. The molecule has 3 atom stereocenters. The van der Waals surface area contributed by atoms with Crippen LogP contribution in [0.15, 0.2) is 15.8 Å². The van der Waals surface area contributed by atoms with Crippen LogP contribution in [0.4, 0.5) is 4.79 Å². The van der Waals surface area contributed by atoms with E-state index in [0.717, 1.165) is 0 Å². The van der Waals surface area contributed by atoms with Crippen LogP contribution < -0.4 is 17.0 Å². The second-order valence-corrected chi connectivity index (χ2v) is 6.12. The van der Waals surface area contributed by atoms with Gasteiger partial charge in [0.15, 0.2) is 0 Å². The van der Waals surface area contributed by atoms with Crippen LogP contribution in [-0.4, -0.2) is 38.7 Å². The smallest absolute Gasteiger partial charge is 0.404 e. The Kier molecular flexibility index (Phi) is 4.73. The van der Waals surface area contributed by atoms with Crippen LogP contribution in [0, 0.1) is 0 Å². The molecule has 1 saturated heterocycles. The molecule has 0 aromatic carbocycles. The Hall–Kier alpha value is -1.74. The van der Waals surface area contributed by atoms with Gasteiger partial charge in [0.05, 0.1) is 17.2 Å². The summed E-state index contributed by atoms with van der Waals surface area (Å²) in [5, 5.41) is 8.64. The van der Waals surface area contributed by atoms with Crippen molar-refractivity contribution in [3.05, 3.63) is 32.6 Å². The van der Waals surface area contributed by atoms with Crippen molar-refractivity contribution >= 4 is 17.9 Å². The predicted octanol–water partition coefficient (Wildman–Crippen LogP) is -0.441. The second kappa shape index (κ2) is 6.35. The van der Waals surface area contributed by atoms with E-state index in [1.54, 1.807) is 0 Å². The van der Waals surface area contributed by atoms with E-state index in [-0.39, 0.29) is 17.2 Å². The summed E-state index contributed by atoms with van der Waals surface area (Å²) in [6, 6.07) is 0. The number of thioether (sulfide) groups is 1. The van der Waals surface area contributed by atoms with Crippen molar-refractivity contribution in [1.29, 1.82) is 0 Å². The van der Waals surface area contributed by atoms with Gasteiger partial charge in [0.1, 0.15) is 6.10 Å². The topological polar surface area (TPSA) is 127 Å². The highest BCUT2D eigenvalue weighted by molar-refractivity contribution is 8.00. The third-order valence-corrected chi connectivity index (χ3v) is 4.90. The van der Waals surface area contributed by atoms with Crippen molar-refractivity contribution in [2.24, 2.45) is 5.73 Å². The molecule has 0 saturated carbocycles. The molecule has 1 fully saturated rings. The van der Waals surface area contributed by atoms with Crippen LogP contribution in [0.2, 0.25) is 0 Å². The highest BCUT2D eigenvalue weighted by atomic mass is 32.2. The molecule has 0 bridgehead atoms. The maximum absolute atomic E-state index is 11.9. The average Bonchev–Trinajstić information content (AvgIpc) is 2.81. The number of aliphatic hydroxyl groups is 1.